The topological polar surface area (TPSA) is 84.5 Å². The van der Waals surface area contributed by atoms with Gasteiger partial charge >= 0.3 is 5.97 Å². The van der Waals surface area contributed by atoms with Crippen LogP contribution in [0.2, 0.25) is 0 Å². The summed E-state index contributed by atoms with van der Waals surface area (Å²) in [6, 6.07) is 5.82. The van der Waals surface area contributed by atoms with E-state index in [9.17, 15) is 9.59 Å². The number of rotatable bonds is 3. The lowest BCUT2D eigenvalue weighted by Gasteiger charge is -2.19. The third-order valence-corrected chi connectivity index (χ3v) is 4.52. The van der Waals surface area contributed by atoms with Crippen LogP contribution in [-0.2, 0) is 22.6 Å². The molecule has 4 rings (SSSR count). The maximum atomic E-state index is 11.8. The number of hydrogen-bond acceptors (Lipinski definition) is 6. The van der Waals surface area contributed by atoms with Crippen LogP contribution in [0.4, 0.5) is 5.69 Å². The Balaban J connectivity index is 1.62. The number of cyclic esters (lactones) is 1. The molecule has 1 unspecified atom stereocenters. The number of carbonyl (C=O) groups is 1. The highest BCUT2D eigenvalue weighted by Crippen LogP contribution is 2.35. The van der Waals surface area contributed by atoms with E-state index >= 15 is 0 Å². The highest BCUT2D eigenvalue weighted by atomic mass is 16.6. The summed E-state index contributed by atoms with van der Waals surface area (Å²) in [5.41, 5.74) is 3.42. The van der Waals surface area contributed by atoms with Crippen LogP contribution in [0.1, 0.15) is 23.1 Å². The monoisotopic (exact) mass is 327 g/mol. The van der Waals surface area contributed by atoms with Gasteiger partial charge in [-0.1, -0.05) is 12.1 Å². The molecular weight excluding hydrogens is 310 g/mol. The van der Waals surface area contributed by atoms with E-state index in [0.29, 0.717) is 37.4 Å². The van der Waals surface area contributed by atoms with Crippen LogP contribution < -0.4 is 15.2 Å². The molecule has 3 heterocycles. The third-order valence-electron chi connectivity index (χ3n) is 4.52. The number of nitrogens with one attached hydrogen (secondary N) is 1. The molecule has 1 atom stereocenters. The number of aromatic nitrogens is 2. The van der Waals surface area contributed by atoms with Crippen LogP contribution in [0.25, 0.3) is 0 Å². The molecule has 0 amide bonds. The molecule has 0 aliphatic carbocycles. The number of carbonyl (C=O) groups excluding carboxylic acids is 1. The summed E-state index contributed by atoms with van der Waals surface area (Å²) in [5.74, 6) is 0.395. The molecule has 1 N–H and O–H groups in total. The van der Waals surface area contributed by atoms with Gasteiger partial charge in [0.05, 0.1) is 18.5 Å². The van der Waals surface area contributed by atoms with E-state index in [1.54, 1.807) is 13.1 Å². The van der Waals surface area contributed by atoms with Gasteiger partial charge in [-0.05, 0) is 18.6 Å². The number of hydrogen-bond donors (Lipinski definition) is 1. The number of H-pyrrole nitrogens is 1. The molecule has 0 bridgehead atoms. The van der Waals surface area contributed by atoms with Gasteiger partial charge in [-0.3, -0.25) is 4.79 Å². The number of anilines is 1. The summed E-state index contributed by atoms with van der Waals surface area (Å²) >= 11 is 0. The van der Waals surface area contributed by atoms with Crippen LogP contribution in [0.3, 0.4) is 0 Å². The minimum atomic E-state index is -0.534. The molecule has 0 saturated carbocycles. The molecule has 2 aliphatic heterocycles. The minimum absolute atomic E-state index is 0.186. The second-order valence-electron chi connectivity index (χ2n) is 6.02. The van der Waals surface area contributed by atoms with Gasteiger partial charge in [-0.15, -0.1) is 0 Å². The second kappa shape index (κ2) is 5.67. The Morgan fingerprint density at radius 3 is 3.00 bits per heavy atom. The molecule has 1 aromatic heterocycles. The Morgan fingerprint density at radius 1 is 1.33 bits per heavy atom. The van der Waals surface area contributed by atoms with Crippen molar-refractivity contribution in [2.24, 2.45) is 0 Å². The first kappa shape index (κ1) is 14.7. The molecule has 24 heavy (non-hydrogen) atoms. The standard InChI is InChI=1S/C17H17N3O4/c1-10-13(7-18-19-16(10)21)20-8-11-3-2-4-14(12(11)9-20)24-15-5-6-23-17(15)22/h2-4,7,15H,5-6,8-9H2,1H3,(H,19,21). The molecule has 0 radical (unpaired) electrons. The Morgan fingerprint density at radius 2 is 2.21 bits per heavy atom. The summed E-state index contributed by atoms with van der Waals surface area (Å²) in [7, 11) is 0. The number of fused-ring (bicyclic) bond motifs is 1. The van der Waals surface area contributed by atoms with E-state index in [0.717, 1.165) is 16.8 Å². The molecule has 2 aliphatic rings. The van der Waals surface area contributed by atoms with Crippen LogP contribution in [0.15, 0.2) is 29.2 Å². The smallest absolute Gasteiger partial charge is 0.347 e. The van der Waals surface area contributed by atoms with Crippen LogP contribution in [-0.4, -0.2) is 28.9 Å². The zero-order chi connectivity index (χ0) is 16.7. The fourth-order valence-corrected chi connectivity index (χ4v) is 3.18. The van der Waals surface area contributed by atoms with Gasteiger partial charge in [0.2, 0.25) is 0 Å². The highest BCUT2D eigenvalue weighted by Gasteiger charge is 2.31. The van der Waals surface area contributed by atoms with E-state index < -0.39 is 6.10 Å². The predicted octanol–water partition coefficient (Wildman–Crippen LogP) is 1.29. The molecule has 1 aromatic carbocycles. The third kappa shape index (κ3) is 2.42. The molecule has 1 saturated heterocycles. The SMILES string of the molecule is Cc1c(N2Cc3cccc(OC4CCOC4=O)c3C2)cn[nH]c1=O. The van der Waals surface area contributed by atoms with Crippen molar-refractivity contribution in [3.8, 4) is 5.75 Å². The molecule has 0 spiro atoms. The van der Waals surface area contributed by atoms with Crippen molar-refractivity contribution in [3.05, 3.63) is 51.4 Å². The van der Waals surface area contributed by atoms with Crippen molar-refractivity contribution in [1.82, 2.24) is 10.2 Å². The fraction of sp³-hybridized carbons (Fsp3) is 0.353. The normalized spacial score (nSPS) is 19.3. The van der Waals surface area contributed by atoms with Gasteiger partial charge in [0.1, 0.15) is 5.75 Å². The zero-order valence-corrected chi connectivity index (χ0v) is 13.2. The number of benzene rings is 1. The Bertz CT molecular complexity index is 861. The molecule has 1 fully saturated rings. The maximum absolute atomic E-state index is 11.8. The fourth-order valence-electron chi connectivity index (χ4n) is 3.18. The number of esters is 1. The average Bonchev–Trinajstić information content (AvgIpc) is 3.17. The first-order valence-electron chi connectivity index (χ1n) is 7.87. The van der Waals surface area contributed by atoms with Gasteiger partial charge in [0, 0.05) is 30.6 Å². The van der Waals surface area contributed by atoms with E-state index in [4.69, 9.17) is 9.47 Å². The van der Waals surface area contributed by atoms with Gasteiger partial charge < -0.3 is 14.4 Å². The van der Waals surface area contributed by atoms with Gasteiger partial charge in [0.25, 0.3) is 5.56 Å². The van der Waals surface area contributed by atoms with Crippen molar-refractivity contribution in [3.63, 3.8) is 0 Å². The van der Waals surface area contributed by atoms with Gasteiger partial charge in [-0.25, -0.2) is 9.89 Å². The first-order chi connectivity index (χ1) is 11.6. The minimum Gasteiger partial charge on any atom is -0.478 e. The Kier molecular flexibility index (Phi) is 3.48. The summed E-state index contributed by atoms with van der Waals surface area (Å²) in [5, 5.41) is 6.34. The first-order valence-corrected chi connectivity index (χ1v) is 7.87. The lowest BCUT2D eigenvalue weighted by Crippen LogP contribution is -2.23. The highest BCUT2D eigenvalue weighted by molar-refractivity contribution is 5.77. The lowest BCUT2D eigenvalue weighted by molar-refractivity contribution is -0.143. The quantitative estimate of drug-likeness (QED) is 0.855. The zero-order valence-electron chi connectivity index (χ0n) is 13.2. The van der Waals surface area contributed by atoms with Crippen LogP contribution in [0.5, 0.6) is 5.75 Å². The second-order valence-corrected chi connectivity index (χ2v) is 6.02. The maximum Gasteiger partial charge on any atom is 0.347 e. The summed E-state index contributed by atoms with van der Waals surface area (Å²) in [4.78, 5) is 25.5. The largest absolute Gasteiger partial charge is 0.478 e. The van der Waals surface area contributed by atoms with E-state index in [2.05, 4.69) is 15.1 Å². The summed E-state index contributed by atoms with van der Waals surface area (Å²) in [6.07, 6.45) is 1.70. The lowest BCUT2D eigenvalue weighted by atomic mass is 10.1. The average molecular weight is 327 g/mol. The van der Waals surface area contributed by atoms with E-state index in [1.165, 1.54) is 0 Å². The van der Waals surface area contributed by atoms with Crippen LogP contribution >= 0.6 is 0 Å². The van der Waals surface area contributed by atoms with Gasteiger partial charge in [0.15, 0.2) is 6.10 Å². The summed E-state index contributed by atoms with van der Waals surface area (Å²) < 4.78 is 10.8. The van der Waals surface area contributed by atoms with Crippen molar-refractivity contribution in [2.75, 3.05) is 11.5 Å². The number of nitrogens with zero attached hydrogens (tertiary/aromatic N) is 2. The van der Waals surface area contributed by atoms with E-state index in [-0.39, 0.29) is 11.5 Å². The number of aromatic amines is 1. The molecule has 2 aromatic rings. The van der Waals surface area contributed by atoms with Crippen molar-refractivity contribution < 1.29 is 14.3 Å². The Labute approximate surface area is 138 Å². The molecule has 124 valence electrons. The molecular formula is C17H17N3O4. The van der Waals surface area contributed by atoms with E-state index in [1.807, 2.05) is 18.2 Å². The summed E-state index contributed by atoms with van der Waals surface area (Å²) in [6.45, 7) is 3.47. The van der Waals surface area contributed by atoms with Crippen molar-refractivity contribution >= 4 is 11.7 Å². The van der Waals surface area contributed by atoms with Gasteiger partial charge in [-0.2, -0.15) is 5.10 Å². The Hall–Kier alpha value is -2.83. The van der Waals surface area contributed by atoms with Crippen molar-refractivity contribution in [1.29, 1.82) is 0 Å². The molecule has 7 heteroatoms. The van der Waals surface area contributed by atoms with Crippen molar-refractivity contribution in [2.45, 2.75) is 32.5 Å². The predicted molar refractivity (Wildman–Crippen MR) is 85.9 cm³/mol. The van der Waals surface area contributed by atoms with Crippen LogP contribution in [0, 0.1) is 6.92 Å². The number of ether oxygens (including phenoxy) is 2. The molecule has 7 nitrogen and oxygen atoms in total.